The van der Waals surface area contributed by atoms with Gasteiger partial charge in [-0.3, -0.25) is 4.79 Å². The van der Waals surface area contributed by atoms with Crippen LogP contribution in [0.25, 0.3) is 0 Å². The molecule has 73 valence electrons. The van der Waals surface area contributed by atoms with Gasteiger partial charge in [-0.25, -0.2) is 0 Å². The lowest BCUT2D eigenvalue weighted by Crippen LogP contribution is -2.31. The summed E-state index contributed by atoms with van der Waals surface area (Å²) in [6.45, 7) is 6.71. The minimum absolute atomic E-state index is 0.0656. The zero-order chi connectivity index (χ0) is 10.3. The van der Waals surface area contributed by atoms with Gasteiger partial charge in [0.15, 0.2) is 0 Å². The number of hydrogen-bond acceptors (Lipinski definition) is 1. The van der Waals surface area contributed by atoms with Gasteiger partial charge in [-0.05, 0) is 17.7 Å². The van der Waals surface area contributed by atoms with E-state index in [1.807, 2.05) is 17.0 Å². The van der Waals surface area contributed by atoms with Crippen LogP contribution >= 0.6 is 0 Å². The van der Waals surface area contributed by atoms with Gasteiger partial charge < -0.3 is 4.90 Å². The molecular weight excluding hydrogens is 174 g/mol. The zero-order valence-electron chi connectivity index (χ0n) is 8.79. The van der Waals surface area contributed by atoms with Crippen molar-refractivity contribution < 1.29 is 4.79 Å². The SMILES string of the molecule is CC(=O)N1CC(C)(C)c2cc[c]cc21. The van der Waals surface area contributed by atoms with Crippen LogP contribution in [0.5, 0.6) is 0 Å². The lowest BCUT2D eigenvalue weighted by Gasteiger charge is -2.19. The van der Waals surface area contributed by atoms with Crippen LogP contribution in [0.4, 0.5) is 5.69 Å². The van der Waals surface area contributed by atoms with Crippen molar-refractivity contribution in [2.45, 2.75) is 26.2 Å². The topological polar surface area (TPSA) is 20.3 Å². The number of nitrogens with zero attached hydrogens (tertiary/aromatic N) is 1. The highest BCUT2D eigenvalue weighted by Crippen LogP contribution is 2.39. The Kier molecular flexibility index (Phi) is 1.88. The van der Waals surface area contributed by atoms with Gasteiger partial charge in [0.05, 0.1) is 0 Å². The highest BCUT2D eigenvalue weighted by atomic mass is 16.2. The highest BCUT2D eigenvalue weighted by molar-refractivity contribution is 5.94. The average molecular weight is 188 g/mol. The largest absolute Gasteiger partial charge is 0.311 e. The third-order valence-corrected chi connectivity index (χ3v) is 2.80. The zero-order valence-corrected chi connectivity index (χ0v) is 8.79. The summed E-state index contributed by atoms with van der Waals surface area (Å²) in [5.41, 5.74) is 2.33. The summed E-state index contributed by atoms with van der Waals surface area (Å²) in [6, 6.07) is 8.88. The molecule has 1 aromatic carbocycles. The van der Waals surface area contributed by atoms with Gasteiger partial charge >= 0.3 is 0 Å². The molecule has 0 aliphatic carbocycles. The molecule has 2 nitrogen and oxygen atoms in total. The van der Waals surface area contributed by atoms with Gasteiger partial charge in [-0.1, -0.05) is 26.0 Å². The Morgan fingerprint density at radius 2 is 2.29 bits per heavy atom. The molecule has 1 amide bonds. The van der Waals surface area contributed by atoms with Gasteiger partial charge in [0.2, 0.25) is 5.91 Å². The molecule has 0 aromatic heterocycles. The highest BCUT2D eigenvalue weighted by Gasteiger charge is 2.36. The van der Waals surface area contributed by atoms with E-state index in [1.165, 1.54) is 5.56 Å². The van der Waals surface area contributed by atoms with Crippen molar-refractivity contribution in [2.75, 3.05) is 11.4 Å². The molecule has 0 bridgehead atoms. The Morgan fingerprint density at radius 1 is 1.57 bits per heavy atom. The molecule has 2 heteroatoms. The van der Waals surface area contributed by atoms with Gasteiger partial charge in [-0.15, -0.1) is 0 Å². The second kappa shape index (κ2) is 2.84. The predicted molar refractivity (Wildman–Crippen MR) is 56.3 cm³/mol. The van der Waals surface area contributed by atoms with E-state index in [1.54, 1.807) is 6.92 Å². The first kappa shape index (κ1) is 9.25. The maximum atomic E-state index is 11.4. The quantitative estimate of drug-likeness (QED) is 0.610. The molecule has 14 heavy (non-hydrogen) atoms. The van der Waals surface area contributed by atoms with E-state index >= 15 is 0 Å². The molecule has 1 aliphatic rings. The maximum absolute atomic E-state index is 11.4. The van der Waals surface area contributed by atoms with Crippen molar-refractivity contribution in [3.05, 3.63) is 29.8 Å². The molecule has 1 radical (unpaired) electrons. The van der Waals surface area contributed by atoms with Crippen molar-refractivity contribution in [1.29, 1.82) is 0 Å². The van der Waals surface area contributed by atoms with Crippen molar-refractivity contribution in [3.63, 3.8) is 0 Å². The first-order valence-corrected chi connectivity index (χ1v) is 4.81. The summed E-state index contributed by atoms with van der Waals surface area (Å²) in [4.78, 5) is 13.2. The van der Waals surface area contributed by atoms with Crippen LogP contribution in [0.3, 0.4) is 0 Å². The van der Waals surface area contributed by atoms with Crippen molar-refractivity contribution in [3.8, 4) is 0 Å². The maximum Gasteiger partial charge on any atom is 0.223 e. The summed E-state index contributed by atoms with van der Waals surface area (Å²) in [7, 11) is 0. The van der Waals surface area contributed by atoms with Crippen LogP contribution in [0.1, 0.15) is 26.3 Å². The lowest BCUT2D eigenvalue weighted by molar-refractivity contribution is -0.116. The second-order valence-corrected chi connectivity index (χ2v) is 4.43. The number of amides is 1. The molecule has 0 saturated carbocycles. The smallest absolute Gasteiger partial charge is 0.223 e. The van der Waals surface area contributed by atoms with E-state index < -0.39 is 0 Å². The standard InChI is InChI=1S/C12H14NO/c1-9(14)13-8-12(2,3)10-6-4-5-7-11(10)13/h4,6-7H,8H2,1-3H3. The summed E-state index contributed by atoms with van der Waals surface area (Å²) in [6.07, 6.45) is 0. The molecule has 0 fully saturated rings. The van der Waals surface area contributed by atoms with Crippen molar-refractivity contribution in [1.82, 2.24) is 0 Å². The molecule has 1 heterocycles. The van der Waals surface area contributed by atoms with Crippen LogP contribution in [0, 0.1) is 6.07 Å². The third kappa shape index (κ3) is 1.22. The fourth-order valence-electron chi connectivity index (χ4n) is 2.06. The van der Waals surface area contributed by atoms with Gasteiger partial charge in [0.1, 0.15) is 0 Å². The first-order valence-electron chi connectivity index (χ1n) is 4.81. The van der Waals surface area contributed by atoms with Crippen LogP contribution in [-0.2, 0) is 10.2 Å². The van der Waals surface area contributed by atoms with E-state index in [2.05, 4.69) is 26.0 Å². The Hall–Kier alpha value is -1.31. The number of carbonyl (C=O) groups is 1. The van der Waals surface area contributed by atoms with Crippen LogP contribution in [0.15, 0.2) is 18.2 Å². The van der Waals surface area contributed by atoms with Crippen LogP contribution in [0.2, 0.25) is 0 Å². The van der Waals surface area contributed by atoms with E-state index in [0.29, 0.717) is 0 Å². The van der Waals surface area contributed by atoms with E-state index in [-0.39, 0.29) is 11.3 Å². The molecule has 1 aromatic rings. The Morgan fingerprint density at radius 3 is 2.93 bits per heavy atom. The normalized spacial score (nSPS) is 18.1. The summed E-state index contributed by atoms with van der Waals surface area (Å²) in [5, 5.41) is 0. The molecule has 2 rings (SSSR count). The van der Waals surface area contributed by atoms with E-state index in [0.717, 1.165) is 12.2 Å². The molecule has 0 spiro atoms. The molecular formula is C12H14NO. The van der Waals surface area contributed by atoms with Crippen molar-refractivity contribution >= 4 is 11.6 Å². The number of rotatable bonds is 0. The number of hydrogen-bond donors (Lipinski definition) is 0. The fourth-order valence-corrected chi connectivity index (χ4v) is 2.06. The summed E-state index contributed by atoms with van der Waals surface area (Å²) < 4.78 is 0. The number of fused-ring (bicyclic) bond motifs is 1. The fraction of sp³-hybridized carbons (Fsp3) is 0.417. The molecule has 0 saturated heterocycles. The van der Waals surface area contributed by atoms with E-state index in [4.69, 9.17) is 0 Å². The minimum atomic E-state index is 0.0656. The Bertz CT molecular complexity index is 382. The monoisotopic (exact) mass is 188 g/mol. The van der Waals surface area contributed by atoms with Crippen LogP contribution in [-0.4, -0.2) is 12.5 Å². The number of carbonyl (C=O) groups excluding carboxylic acids is 1. The summed E-state index contributed by atoms with van der Waals surface area (Å²) in [5.74, 6) is 0.108. The van der Waals surface area contributed by atoms with Gasteiger partial charge in [0, 0.05) is 24.6 Å². The van der Waals surface area contributed by atoms with Crippen molar-refractivity contribution in [2.24, 2.45) is 0 Å². The van der Waals surface area contributed by atoms with E-state index in [9.17, 15) is 4.79 Å². The Balaban J connectivity index is 2.55. The third-order valence-electron chi connectivity index (χ3n) is 2.80. The lowest BCUT2D eigenvalue weighted by atomic mass is 9.87. The Labute approximate surface area is 84.5 Å². The molecule has 0 atom stereocenters. The van der Waals surface area contributed by atoms with Gasteiger partial charge in [-0.2, -0.15) is 0 Å². The second-order valence-electron chi connectivity index (χ2n) is 4.43. The summed E-state index contributed by atoms with van der Waals surface area (Å²) >= 11 is 0. The van der Waals surface area contributed by atoms with Crippen LogP contribution < -0.4 is 4.90 Å². The predicted octanol–water partition coefficient (Wildman–Crippen LogP) is 2.13. The average Bonchev–Trinajstić information content (AvgIpc) is 2.40. The molecule has 0 N–H and O–H groups in total. The number of anilines is 1. The molecule has 1 aliphatic heterocycles. The molecule has 0 unspecified atom stereocenters. The number of benzene rings is 1. The minimum Gasteiger partial charge on any atom is -0.311 e. The first-order chi connectivity index (χ1) is 6.52. The van der Waals surface area contributed by atoms with Gasteiger partial charge in [0.25, 0.3) is 0 Å².